The van der Waals surface area contributed by atoms with Crippen molar-refractivity contribution in [3.8, 4) is 0 Å². The van der Waals surface area contributed by atoms with Gasteiger partial charge < -0.3 is 4.98 Å². The molecule has 4 nitrogen and oxygen atoms in total. The lowest BCUT2D eigenvalue weighted by atomic mass is 10.2. The number of pyridine rings is 1. The van der Waals surface area contributed by atoms with Gasteiger partial charge in [-0.05, 0) is 43.5 Å². The van der Waals surface area contributed by atoms with Crippen molar-refractivity contribution in [1.82, 2.24) is 15.4 Å². The van der Waals surface area contributed by atoms with Gasteiger partial charge in [-0.15, -0.1) is 0 Å². The lowest BCUT2D eigenvalue weighted by Gasteiger charge is -2.01. The summed E-state index contributed by atoms with van der Waals surface area (Å²) in [5, 5.41) is 5.41. The second-order valence-corrected chi connectivity index (χ2v) is 4.89. The summed E-state index contributed by atoms with van der Waals surface area (Å²) in [6, 6.07) is 14.1. The smallest absolute Gasteiger partial charge is 0.0649 e. The van der Waals surface area contributed by atoms with Crippen LogP contribution < -0.4 is 5.43 Å². The maximum atomic E-state index is 4.13. The van der Waals surface area contributed by atoms with Gasteiger partial charge in [0.25, 0.3) is 0 Å². The zero-order chi connectivity index (χ0) is 15.8. The summed E-state index contributed by atoms with van der Waals surface area (Å²) in [6.07, 6.45) is 5.44. The third-order valence-corrected chi connectivity index (χ3v) is 2.98. The maximum absolute atomic E-state index is 4.13. The van der Waals surface area contributed by atoms with Crippen molar-refractivity contribution in [2.75, 3.05) is 0 Å². The summed E-state index contributed by atoms with van der Waals surface area (Å²) in [5.74, 6) is 0. The van der Waals surface area contributed by atoms with E-state index in [-0.39, 0.29) is 0 Å². The van der Waals surface area contributed by atoms with Crippen LogP contribution >= 0.6 is 0 Å². The number of benzene rings is 1. The molecule has 2 N–H and O–H groups in total. The number of para-hydroxylation sites is 1. The van der Waals surface area contributed by atoms with E-state index in [0.29, 0.717) is 0 Å². The van der Waals surface area contributed by atoms with Crippen LogP contribution in [0.5, 0.6) is 0 Å². The molecule has 0 saturated heterocycles. The monoisotopic (exact) mass is 292 g/mol. The second-order valence-electron chi connectivity index (χ2n) is 4.89. The van der Waals surface area contributed by atoms with Crippen molar-refractivity contribution in [3.63, 3.8) is 0 Å². The van der Waals surface area contributed by atoms with Gasteiger partial charge in [-0.3, -0.25) is 10.4 Å². The quantitative estimate of drug-likeness (QED) is 0.564. The Bertz CT molecular complexity index is 727. The number of hydrazone groups is 1. The minimum Gasteiger partial charge on any atom is -0.361 e. The largest absolute Gasteiger partial charge is 0.361 e. The van der Waals surface area contributed by atoms with E-state index in [1.807, 2.05) is 44.3 Å². The Labute approximate surface area is 130 Å². The van der Waals surface area contributed by atoms with Crippen LogP contribution in [0.4, 0.5) is 0 Å². The van der Waals surface area contributed by atoms with Crippen LogP contribution in [0.25, 0.3) is 10.9 Å². The fourth-order valence-corrected chi connectivity index (χ4v) is 1.83. The molecule has 2 aromatic heterocycles. The molecule has 1 aromatic carbocycles. The lowest BCUT2D eigenvalue weighted by Crippen LogP contribution is -2.06. The van der Waals surface area contributed by atoms with Crippen molar-refractivity contribution in [2.45, 2.75) is 13.8 Å². The van der Waals surface area contributed by atoms with Gasteiger partial charge in [0.15, 0.2) is 0 Å². The van der Waals surface area contributed by atoms with E-state index in [1.54, 1.807) is 12.4 Å². The first-order chi connectivity index (χ1) is 10.7. The van der Waals surface area contributed by atoms with Gasteiger partial charge in [0.1, 0.15) is 0 Å². The number of allylic oxidation sites excluding steroid dienone is 1. The van der Waals surface area contributed by atoms with E-state index in [4.69, 9.17) is 0 Å². The van der Waals surface area contributed by atoms with Gasteiger partial charge in [0.2, 0.25) is 0 Å². The number of hydrogen-bond donors (Lipinski definition) is 2. The van der Waals surface area contributed by atoms with Crippen molar-refractivity contribution in [1.29, 1.82) is 0 Å². The molecule has 0 aliphatic carbocycles. The third kappa shape index (κ3) is 4.59. The average Bonchev–Trinajstić information content (AvgIpc) is 3.02. The predicted octanol–water partition coefficient (Wildman–Crippen LogP) is 4.10. The van der Waals surface area contributed by atoms with Crippen LogP contribution in [0.2, 0.25) is 0 Å². The first-order valence-corrected chi connectivity index (χ1v) is 7.05. The van der Waals surface area contributed by atoms with Crippen LogP contribution in [0.15, 0.2) is 78.4 Å². The summed E-state index contributed by atoms with van der Waals surface area (Å²) in [7, 11) is 0. The number of aromatic nitrogens is 2. The van der Waals surface area contributed by atoms with Gasteiger partial charge in [-0.2, -0.15) is 5.10 Å². The molecular weight excluding hydrogens is 272 g/mol. The summed E-state index contributed by atoms with van der Waals surface area (Å²) in [5.41, 5.74) is 6.83. The highest BCUT2D eigenvalue weighted by molar-refractivity contribution is 5.98. The molecule has 0 unspecified atom stereocenters. The van der Waals surface area contributed by atoms with Crippen LogP contribution in [-0.4, -0.2) is 15.7 Å². The van der Waals surface area contributed by atoms with E-state index >= 15 is 0 Å². The zero-order valence-electron chi connectivity index (χ0n) is 12.9. The van der Waals surface area contributed by atoms with Crippen LogP contribution in [0.1, 0.15) is 19.4 Å². The lowest BCUT2D eigenvalue weighted by molar-refractivity contribution is 0.892. The minimum absolute atomic E-state index is 0.827. The number of H-pyrrole nitrogens is 1. The van der Waals surface area contributed by atoms with Crippen LogP contribution in [-0.2, 0) is 0 Å². The molecule has 0 bridgehead atoms. The first kappa shape index (κ1) is 15.5. The molecular formula is C18H20N4. The van der Waals surface area contributed by atoms with Crippen LogP contribution in [0, 0.1) is 0 Å². The zero-order valence-corrected chi connectivity index (χ0v) is 12.9. The van der Waals surface area contributed by atoms with E-state index in [2.05, 4.69) is 45.3 Å². The Morgan fingerprint density at radius 3 is 2.50 bits per heavy atom. The van der Waals surface area contributed by atoms with Crippen molar-refractivity contribution < 1.29 is 0 Å². The first-order valence-electron chi connectivity index (χ1n) is 7.05. The Kier molecular flexibility index (Phi) is 5.49. The molecule has 22 heavy (non-hydrogen) atoms. The molecule has 0 atom stereocenters. The molecule has 0 aliphatic heterocycles. The molecule has 0 radical (unpaired) electrons. The van der Waals surface area contributed by atoms with E-state index in [0.717, 1.165) is 17.0 Å². The van der Waals surface area contributed by atoms with E-state index in [9.17, 15) is 0 Å². The van der Waals surface area contributed by atoms with Crippen LogP contribution in [0.3, 0.4) is 0 Å². The fourth-order valence-electron chi connectivity index (χ4n) is 1.83. The standard InChI is InChI=1S/C10H13N3.C8H7N/c1-8(2)12-13-9(3)10-4-6-11-7-5-10;1-2-4-8-7(3-1)5-6-9-8/h4-7,12H,1H2,2-3H3;1-6,9H/b13-9+;. The highest BCUT2D eigenvalue weighted by atomic mass is 15.3. The Morgan fingerprint density at radius 2 is 1.82 bits per heavy atom. The van der Waals surface area contributed by atoms with Gasteiger partial charge in [0, 0.05) is 35.4 Å². The van der Waals surface area contributed by atoms with Gasteiger partial charge in [0.05, 0.1) is 5.71 Å². The Hall–Kier alpha value is -2.88. The molecule has 112 valence electrons. The Morgan fingerprint density at radius 1 is 1.09 bits per heavy atom. The van der Waals surface area contributed by atoms with Crippen molar-refractivity contribution >= 4 is 16.6 Å². The summed E-state index contributed by atoms with van der Waals surface area (Å²) < 4.78 is 0. The van der Waals surface area contributed by atoms with Crippen molar-refractivity contribution in [3.05, 3.63) is 78.9 Å². The molecule has 2 heterocycles. The topological polar surface area (TPSA) is 53.1 Å². The van der Waals surface area contributed by atoms with Gasteiger partial charge in [-0.1, -0.05) is 24.8 Å². The highest BCUT2D eigenvalue weighted by Gasteiger charge is 1.94. The second kappa shape index (κ2) is 7.78. The third-order valence-electron chi connectivity index (χ3n) is 2.98. The number of nitrogens with zero attached hydrogens (tertiary/aromatic N) is 2. The molecule has 0 fully saturated rings. The molecule has 3 aromatic rings. The van der Waals surface area contributed by atoms with E-state index in [1.165, 1.54) is 10.9 Å². The van der Waals surface area contributed by atoms with E-state index < -0.39 is 0 Å². The number of aromatic amines is 1. The highest BCUT2D eigenvalue weighted by Crippen LogP contribution is 2.09. The van der Waals surface area contributed by atoms with Gasteiger partial charge >= 0.3 is 0 Å². The molecule has 0 amide bonds. The normalized spacial score (nSPS) is 10.7. The molecule has 0 spiro atoms. The minimum atomic E-state index is 0.827. The number of hydrogen-bond acceptors (Lipinski definition) is 3. The molecule has 3 rings (SSSR count). The Balaban J connectivity index is 0.000000170. The summed E-state index contributed by atoms with van der Waals surface area (Å²) in [4.78, 5) is 7.05. The number of nitrogens with one attached hydrogen (secondary N) is 2. The number of rotatable bonds is 3. The van der Waals surface area contributed by atoms with Gasteiger partial charge in [-0.25, -0.2) is 0 Å². The summed E-state index contributed by atoms with van der Waals surface area (Å²) >= 11 is 0. The summed E-state index contributed by atoms with van der Waals surface area (Å²) in [6.45, 7) is 7.49. The maximum Gasteiger partial charge on any atom is 0.0649 e. The molecule has 4 heteroatoms. The SMILES string of the molecule is C=C(C)N/N=C(\C)c1ccncc1.c1ccc2[nH]ccc2c1. The molecule has 0 aliphatic rings. The molecule has 0 saturated carbocycles. The fraction of sp³-hybridized carbons (Fsp3) is 0.111. The predicted molar refractivity (Wildman–Crippen MR) is 92.7 cm³/mol. The van der Waals surface area contributed by atoms with Crippen molar-refractivity contribution in [2.24, 2.45) is 5.10 Å². The average molecular weight is 292 g/mol. The number of fused-ring (bicyclic) bond motifs is 1.